The Morgan fingerprint density at radius 1 is 0.435 bits per heavy atom. The van der Waals surface area contributed by atoms with Crippen LogP contribution >= 0.6 is 0 Å². The topological polar surface area (TPSA) is 52.6 Å². The molecule has 0 saturated heterocycles. The highest BCUT2D eigenvalue weighted by molar-refractivity contribution is 6.03. The lowest BCUT2D eigenvalue weighted by atomic mass is 10.0. The van der Waals surface area contributed by atoms with Crippen molar-refractivity contribution in [3.8, 4) is 0 Å². The quantitative estimate of drug-likeness (QED) is 0.0436. The van der Waals surface area contributed by atoms with E-state index in [1.54, 1.807) is 24.3 Å². The molecule has 46 heavy (non-hydrogen) atoms. The van der Waals surface area contributed by atoms with Crippen molar-refractivity contribution in [3.63, 3.8) is 0 Å². The van der Waals surface area contributed by atoms with E-state index < -0.39 is 11.9 Å². The van der Waals surface area contributed by atoms with Crippen LogP contribution in [0.2, 0.25) is 0 Å². The van der Waals surface area contributed by atoms with Crippen LogP contribution in [-0.4, -0.2) is 25.2 Å². The summed E-state index contributed by atoms with van der Waals surface area (Å²) in [7, 11) is 0. The van der Waals surface area contributed by atoms with Gasteiger partial charge in [-0.05, 0) is 50.7 Å². The van der Waals surface area contributed by atoms with Crippen LogP contribution in [0.3, 0.4) is 0 Å². The summed E-state index contributed by atoms with van der Waals surface area (Å²) in [4.78, 5) is 25.4. The maximum absolute atomic E-state index is 12.7. The Labute approximate surface area is 284 Å². The zero-order valence-corrected chi connectivity index (χ0v) is 30.3. The molecule has 0 saturated carbocycles. The van der Waals surface area contributed by atoms with Crippen LogP contribution in [0.25, 0.3) is 0 Å². The van der Waals surface area contributed by atoms with E-state index in [9.17, 15) is 9.59 Å². The SMILES string of the molecule is CCCCCCCC/C=C\CCCCCCCCOC(=O)c1ccccc1C(=O)OCCCCCCCCCCCCCCCC. The lowest BCUT2D eigenvalue weighted by molar-refractivity contribution is 0.0450. The van der Waals surface area contributed by atoms with Crippen LogP contribution in [-0.2, 0) is 9.47 Å². The second kappa shape index (κ2) is 32.8. The minimum absolute atomic E-state index is 0.304. The van der Waals surface area contributed by atoms with Crippen molar-refractivity contribution in [2.45, 2.75) is 194 Å². The zero-order valence-electron chi connectivity index (χ0n) is 30.3. The van der Waals surface area contributed by atoms with Gasteiger partial charge in [-0.3, -0.25) is 0 Å². The molecule has 4 nitrogen and oxygen atoms in total. The van der Waals surface area contributed by atoms with E-state index in [1.165, 1.54) is 154 Å². The van der Waals surface area contributed by atoms with Gasteiger partial charge >= 0.3 is 11.9 Å². The van der Waals surface area contributed by atoms with Gasteiger partial charge in [0.25, 0.3) is 0 Å². The van der Waals surface area contributed by atoms with Gasteiger partial charge in [-0.1, -0.05) is 179 Å². The first-order valence-corrected chi connectivity index (χ1v) is 19.8. The number of allylic oxidation sites excluding steroid dienone is 2. The van der Waals surface area contributed by atoms with Gasteiger partial charge in [-0.25, -0.2) is 9.59 Å². The molecule has 0 atom stereocenters. The molecule has 0 heterocycles. The molecule has 0 radical (unpaired) electrons. The number of carbonyl (C=O) groups excluding carboxylic acids is 2. The van der Waals surface area contributed by atoms with E-state index in [2.05, 4.69) is 26.0 Å². The van der Waals surface area contributed by atoms with Gasteiger partial charge in [0.2, 0.25) is 0 Å². The first kappa shape index (κ1) is 41.9. The smallest absolute Gasteiger partial charge is 0.339 e. The van der Waals surface area contributed by atoms with E-state index in [0.717, 1.165) is 25.7 Å². The van der Waals surface area contributed by atoms with Crippen LogP contribution in [0.5, 0.6) is 0 Å². The number of ether oxygens (including phenoxy) is 2. The summed E-state index contributed by atoms with van der Waals surface area (Å²) in [5.41, 5.74) is 0.608. The Hall–Kier alpha value is -2.10. The Morgan fingerprint density at radius 3 is 1.04 bits per heavy atom. The van der Waals surface area contributed by atoms with Gasteiger partial charge in [0.15, 0.2) is 0 Å². The fraction of sp³-hybridized carbons (Fsp3) is 0.762. The van der Waals surface area contributed by atoms with Gasteiger partial charge in [0, 0.05) is 0 Å². The molecule has 0 bridgehead atoms. The van der Waals surface area contributed by atoms with Gasteiger partial charge < -0.3 is 9.47 Å². The van der Waals surface area contributed by atoms with Crippen molar-refractivity contribution in [3.05, 3.63) is 47.5 Å². The number of hydrogen-bond donors (Lipinski definition) is 0. The molecule has 0 unspecified atom stereocenters. The van der Waals surface area contributed by atoms with Gasteiger partial charge in [-0.2, -0.15) is 0 Å². The second-order valence-corrected chi connectivity index (χ2v) is 13.4. The van der Waals surface area contributed by atoms with E-state index in [4.69, 9.17) is 9.47 Å². The third-order valence-electron chi connectivity index (χ3n) is 8.99. The van der Waals surface area contributed by atoms with E-state index in [0.29, 0.717) is 24.3 Å². The summed E-state index contributed by atoms with van der Waals surface area (Å²) in [6.07, 6.45) is 40.3. The number of esters is 2. The molecule has 1 rings (SSSR count). The molecule has 0 aromatic heterocycles. The monoisotopic (exact) mass is 641 g/mol. The molecule has 1 aromatic carbocycles. The zero-order chi connectivity index (χ0) is 33.2. The summed E-state index contributed by atoms with van der Waals surface area (Å²) in [6, 6.07) is 6.86. The minimum atomic E-state index is -0.434. The summed E-state index contributed by atoms with van der Waals surface area (Å²) in [5.74, 6) is -0.865. The number of unbranched alkanes of at least 4 members (excludes halogenated alkanes) is 25. The standard InChI is InChI=1S/C42H72O4/c1-3-5-7-9-11-13-15-17-19-20-22-24-26-28-30-34-38-46-42(44)40-36-32-31-35-39(40)41(43)45-37-33-29-27-25-23-21-18-16-14-12-10-8-6-4-2/h17,19,31-32,35-36H,3-16,18,20-30,33-34,37-38H2,1-2H3/b19-17-. The average molecular weight is 641 g/mol. The largest absolute Gasteiger partial charge is 0.462 e. The second-order valence-electron chi connectivity index (χ2n) is 13.4. The molecule has 4 heteroatoms. The number of benzene rings is 1. The number of carbonyl (C=O) groups is 2. The Morgan fingerprint density at radius 2 is 0.717 bits per heavy atom. The average Bonchev–Trinajstić information content (AvgIpc) is 3.07. The third-order valence-corrected chi connectivity index (χ3v) is 8.99. The van der Waals surface area contributed by atoms with Crippen LogP contribution < -0.4 is 0 Å². The van der Waals surface area contributed by atoms with E-state index in [-0.39, 0.29) is 0 Å². The minimum Gasteiger partial charge on any atom is -0.462 e. The van der Waals surface area contributed by atoms with Crippen molar-refractivity contribution in [2.24, 2.45) is 0 Å². The van der Waals surface area contributed by atoms with Crippen molar-refractivity contribution in [1.29, 1.82) is 0 Å². The molecule has 264 valence electrons. The molecule has 0 spiro atoms. The molecule has 0 aliphatic heterocycles. The summed E-state index contributed by atoms with van der Waals surface area (Å²) >= 11 is 0. The van der Waals surface area contributed by atoms with Crippen LogP contribution in [0.4, 0.5) is 0 Å². The van der Waals surface area contributed by atoms with Crippen molar-refractivity contribution < 1.29 is 19.1 Å². The number of hydrogen-bond acceptors (Lipinski definition) is 4. The Balaban J connectivity index is 2.03. The summed E-state index contributed by atoms with van der Waals surface area (Å²) < 4.78 is 11.0. The number of rotatable bonds is 33. The van der Waals surface area contributed by atoms with Crippen molar-refractivity contribution in [1.82, 2.24) is 0 Å². The molecule has 1 aromatic rings. The molecular formula is C42H72O4. The summed E-state index contributed by atoms with van der Waals surface area (Å²) in [5, 5.41) is 0. The van der Waals surface area contributed by atoms with Gasteiger partial charge in [0.05, 0.1) is 24.3 Å². The first-order chi connectivity index (χ1) is 22.7. The Kier molecular flexibility index (Phi) is 29.9. The van der Waals surface area contributed by atoms with E-state index in [1.807, 2.05) is 0 Å². The molecule has 0 aliphatic rings. The fourth-order valence-electron chi connectivity index (χ4n) is 5.97. The third kappa shape index (κ3) is 25.0. The van der Waals surface area contributed by atoms with Crippen molar-refractivity contribution >= 4 is 11.9 Å². The van der Waals surface area contributed by atoms with Crippen LogP contribution in [0.1, 0.15) is 214 Å². The Bertz CT molecular complexity index is 861. The lowest BCUT2D eigenvalue weighted by Gasteiger charge is -2.10. The predicted molar refractivity (Wildman–Crippen MR) is 197 cm³/mol. The van der Waals surface area contributed by atoms with Crippen molar-refractivity contribution in [2.75, 3.05) is 13.2 Å². The van der Waals surface area contributed by atoms with E-state index >= 15 is 0 Å². The molecule has 0 fully saturated rings. The van der Waals surface area contributed by atoms with Crippen LogP contribution in [0.15, 0.2) is 36.4 Å². The first-order valence-electron chi connectivity index (χ1n) is 19.8. The lowest BCUT2D eigenvalue weighted by Crippen LogP contribution is -2.15. The van der Waals surface area contributed by atoms with Gasteiger partial charge in [0.1, 0.15) is 0 Å². The highest BCUT2D eigenvalue weighted by Gasteiger charge is 2.18. The fourth-order valence-corrected chi connectivity index (χ4v) is 5.97. The van der Waals surface area contributed by atoms with Crippen LogP contribution in [0, 0.1) is 0 Å². The molecule has 0 N–H and O–H groups in total. The highest BCUT2D eigenvalue weighted by atomic mass is 16.5. The molecule has 0 aliphatic carbocycles. The maximum atomic E-state index is 12.7. The molecule has 0 amide bonds. The normalized spacial score (nSPS) is 11.3. The highest BCUT2D eigenvalue weighted by Crippen LogP contribution is 2.16. The summed E-state index contributed by atoms with van der Waals surface area (Å²) in [6.45, 7) is 5.33. The predicted octanol–water partition coefficient (Wildman–Crippen LogP) is 13.5. The maximum Gasteiger partial charge on any atom is 0.339 e. The van der Waals surface area contributed by atoms with Gasteiger partial charge in [-0.15, -0.1) is 0 Å². The molecular weight excluding hydrogens is 568 g/mol.